The molecule has 0 aromatic carbocycles. The van der Waals surface area contributed by atoms with Crippen LogP contribution in [0.15, 0.2) is 11.9 Å². The Morgan fingerprint density at radius 1 is 1.09 bits per heavy atom. The maximum absolute atomic E-state index is 2.29. The van der Waals surface area contributed by atoms with E-state index in [0.717, 1.165) is 8.58 Å². The van der Waals surface area contributed by atoms with Crippen molar-refractivity contribution in [2.24, 2.45) is 0 Å². The van der Waals surface area contributed by atoms with E-state index in [1.54, 1.807) is 0 Å². The van der Waals surface area contributed by atoms with Crippen LogP contribution in [0.1, 0.15) is 46.0 Å². The molecule has 1 atom stereocenters. The fourth-order valence-electron chi connectivity index (χ4n) is 1.03. The van der Waals surface area contributed by atoms with Crippen LogP contribution in [0.25, 0.3) is 0 Å². The van der Waals surface area contributed by atoms with E-state index in [2.05, 4.69) is 25.7 Å². The van der Waals surface area contributed by atoms with Crippen LogP contribution in [0.3, 0.4) is 0 Å². The summed E-state index contributed by atoms with van der Waals surface area (Å²) in [6, 6.07) is 0. The zero-order valence-corrected chi connectivity index (χ0v) is 8.90. The lowest BCUT2D eigenvalue weighted by molar-refractivity contribution is 0.659. The number of allylic oxidation sites excluding steroid dienone is 1. The van der Waals surface area contributed by atoms with Gasteiger partial charge in [0.25, 0.3) is 0 Å². The van der Waals surface area contributed by atoms with Crippen LogP contribution in [-0.2, 0) is 0 Å². The molecule has 66 valence electrons. The van der Waals surface area contributed by atoms with Gasteiger partial charge >= 0.3 is 0 Å². The predicted octanol–water partition coefficient (Wildman–Crippen LogP) is 4.17. The van der Waals surface area contributed by atoms with E-state index in [0.29, 0.717) is 0 Å². The molecule has 0 aromatic heterocycles. The van der Waals surface area contributed by atoms with E-state index in [4.69, 9.17) is 0 Å². The minimum Gasteiger partial charge on any atom is -0.0988 e. The van der Waals surface area contributed by atoms with Crippen LogP contribution in [0.5, 0.6) is 0 Å². The van der Waals surface area contributed by atoms with Gasteiger partial charge in [-0.25, -0.2) is 0 Å². The summed E-state index contributed by atoms with van der Waals surface area (Å²) in [7, 11) is 1.06. The number of hydrogen-bond donors (Lipinski definition) is 0. The Morgan fingerprint density at radius 2 is 1.82 bits per heavy atom. The Balaban J connectivity index is 2.79. The highest BCUT2D eigenvalue weighted by Crippen LogP contribution is 2.15. The first-order valence-corrected chi connectivity index (χ1v) is 6.04. The summed E-state index contributed by atoms with van der Waals surface area (Å²) in [6.07, 6.45) is 10.7. The first-order chi connectivity index (χ1) is 5.41. The lowest BCUT2D eigenvalue weighted by Crippen LogP contribution is -1.78. The largest absolute Gasteiger partial charge is 0.0988 e. The van der Waals surface area contributed by atoms with Crippen molar-refractivity contribution in [1.82, 2.24) is 0 Å². The van der Waals surface area contributed by atoms with Crippen molar-refractivity contribution in [3.05, 3.63) is 11.9 Å². The molecule has 0 radical (unpaired) electrons. The van der Waals surface area contributed by atoms with Crippen LogP contribution in [-0.4, -0.2) is 6.16 Å². The van der Waals surface area contributed by atoms with Gasteiger partial charge in [-0.3, -0.25) is 0 Å². The van der Waals surface area contributed by atoms with Crippen LogP contribution in [0.2, 0.25) is 0 Å². The normalized spacial score (nSPS) is 12.2. The Labute approximate surface area is 73.2 Å². The van der Waals surface area contributed by atoms with Crippen molar-refractivity contribution in [1.29, 1.82) is 0 Å². The van der Waals surface area contributed by atoms with Crippen LogP contribution in [0.4, 0.5) is 0 Å². The summed E-state index contributed by atoms with van der Waals surface area (Å²) in [5.74, 6) is 2.29. The molecule has 0 saturated carbocycles. The Kier molecular flexibility index (Phi) is 10.3. The number of unbranched alkanes of at least 4 members (excludes halogenated alkanes) is 4. The van der Waals surface area contributed by atoms with Crippen molar-refractivity contribution < 1.29 is 0 Å². The third kappa shape index (κ3) is 10.2. The van der Waals surface area contributed by atoms with Gasteiger partial charge in [0.15, 0.2) is 0 Å². The quantitative estimate of drug-likeness (QED) is 0.399. The average Bonchev–Trinajstić information content (AvgIpc) is 2.03. The van der Waals surface area contributed by atoms with Gasteiger partial charge in [-0.15, -0.1) is 0 Å². The first kappa shape index (κ1) is 11.2. The lowest BCUT2D eigenvalue weighted by atomic mass is 10.2. The second-order valence-electron chi connectivity index (χ2n) is 2.87. The summed E-state index contributed by atoms with van der Waals surface area (Å²) >= 11 is 0. The van der Waals surface area contributed by atoms with Crippen LogP contribution < -0.4 is 0 Å². The molecule has 0 heterocycles. The molecule has 0 saturated heterocycles. The molecule has 1 unspecified atom stereocenters. The van der Waals surface area contributed by atoms with Gasteiger partial charge < -0.3 is 0 Å². The molecule has 0 aromatic rings. The second kappa shape index (κ2) is 10.2. The van der Waals surface area contributed by atoms with E-state index in [-0.39, 0.29) is 0 Å². The molecule has 0 aliphatic heterocycles. The van der Waals surface area contributed by atoms with Gasteiger partial charge in [0, 0.05) is 0 Å². The Morgan fingerprint density at radius 3 is 2.45 bits per heavy atom. The van der Waals surface area contributed by atoms with Crippen molar-refractivity contribution in [2.75, 3.05) is 6.16 Å². The molecule has 0 aliphatic carbocycles. The molecule has 0 spiro atoms. The summed E-state index contributed by atoms with van der Waals surface area (Å²) in [5, 5.41) is 0. The first-order valence-electron chi connectivity index (χ1n) is 4.76. The van der Waals surface area contributed by atoms with Crippen molar-refractivity contribution in [3.63, 3.8) is 0 Å². The monoisotopic (exact) mass is 172 g/mol. The lowest BCUT2D eigenvalue weighted by Gasteiger charge is -1.97. The molecule has 0 N–H and O–H groups in total. The highest BCUT2D eigenvalue weighted by atomic mass is 31.1. The van der Waals surface area contributed by atoms with Gasteiger partial charge in [0.2, 0.25) is 0 Å². The fraction of sp³-hybridized carbons (Fsp3) is 0.800. The molecule has 0 bridgehead atoms. The summed E-state index contributed by atoms with van der Waals surface area (Å²) in [4.78, 5) is 0. The molecule has 0 fully saturated rings. The molecule has 0 aliphatic rings. The van der Waals surface area contributed by atoms with E-state index in [9.17, 15) is 0 Å². The highest BCUT2D eigenvalue weighted by Gasteiger charge is 1.86. The van der Waals surface area contributed by atoms with E-state index in [1.165, 1.54) is 38.3 Å². The molecular formula is C10H21P. The van der Waals surface area contributed by atoms with E-state index in [1.807, 2.05) is 0 Å². The minimum absolute atomic E-state index is 1.06. The topological polar surface area (TPSA) is 0 Å². The zero-order chi connectivity index (χ0) is 8.36. The molecular weight excluding hydrogens is 151 g/mol. The van der Waals surface area contributed by atoms with Crippen LogP contribution in [0, 0.1) is 0 Å². The van der Waals surface area contributed by atoms with Crippen molar-refractivity contribution >= 4 is 8.58 Å². The van der Waals surface area contributed by atoms with Crippen molar-refractivity contribution in [2.45, 2.75) is 46.0 Å². The van der Waals surface area contributed by atoms with Gasteiger partial charge in [-0.05, 0) is 19.5 Å². The summed E-state index contributed by atoms with van der Waals surface area (Å²) in [6.45, 7) is 4.37. The van der Waals surface area contributed by atoms with Gasteiger partial charge in [0.05, 0.1) is 0 Å². The molecule has 0 nitrogen and oxygen atoms in total. The molecule has 11 heavy (non-hydrogen) atoms. The summed E-state index contributed by atoms with van der Waals surface area (Å²) < 4.78 is 0. The highest BCUT2D eigenvalue weighted by molar-refractivity contribution is 7.41. The third-order valence-corrected chi connectivity index (χ3v) is 2.92. The predicted molar refractivity (Wildman–Crippen MR) is 56.8 cm³/mol. The molecule has 1 heteroatoms. The molecule has 0 amide bonds. The van der Waals surface area contributed by atoms with Gasteiger partial charge in [-0.1, -0.05) is 53.1 Å². The van der Waals surface area contributed by atoms with Gasteiger partial charge in [0.1, 0.15) is 0 Å². The SMILES string of the molecule is C/C=C\PCCCCCCC. The van der Waals surface area contributed by atoms with Crippen LogP contribution >= 0.6 is 8.58 Å². The standard InChI is InChI=1S/C10H21P/c1-3-5-6-7-8-10-11-9-4-2/h4,9,11H,3,5-8,10H2,1-2H3/b9-4-. The fourth-order valence-corrected chi connectivity index (χ4v) is 1.89. The van der Waals surface area contributed by atoms with Gasteiger partial charge in [-0.2, -0.15) is 0 Å². The van der Waals surface area contributed by atoms with E-state index >= 15 is 0 Å². The smallest absolute Gasteiger partial charge is 0.0319 e. The second-order valence-corrected chi connectivity index (χ2v) is 4.11. The maximum atomic E-state index is 2.29. The van der Waals surface area contributed by atoms with E-state index < -0.39 is 0 Å². The number of hydrogen-bond acceptors (Lipinski definition) is 0. The Hall–Kier alpha value is 0.170. The zero-order valence-electron chi connectivity index (χ0n) is 7.90. The average molecular weight is 172 g/mol. The Bertz CT molecular complexity index is 86.9. The maximum Gasteiger partial charge on any atom is -0.0319 e. The molecule has 0 rings (SSSR count). The summed E-state index contributed by atoms with van der Waals surface area (Å²) in [5.41, 5.74) is 0. The number of rotatable bonds is 7. The third-order valence-electron chi connectivity index (χ3n) is 1.71. The minimum atomic E-state index is 1.06. The van der Waals surface area contributed by atoms with Crippen molar-refractivity contribution in [3.8, 4) is 0 Å².